The molecule has 0 saturated heterocycles. The smallest absolute Gasteiger partial charge is 0.355 e. The van der Waals surface area contributed by atoms with Crippen LogP contribution in [0.2, 0.25) is 0 Å². The number of carboxylic acids is 1. The highest BCUT2D eigenvalue weighted by Crippen LogP contribution is 2.19. The SMILES string of the molecule is CC(c1nc(C(=O)O)cs1)n1c(=O)[nH][nH]c1=O. The number of hydrogen-bond donors (Lipinski definition) is 3. The van der Waals surface area contributed by atoms with Gasteiger partial charge in [-0.1, -0.05) is 0 Å². The molecule has 0 aromatic carbocycles. The van der Waals surface area contributed by atoms with Crippen LogP contribution in [0.4, 0.5) is 0 Å². The highest BCUT2D eigenvalue weighted by Gasteiger charge is 2.18. The minimum Gasteiger partial charge on any atom is -0.476 e. The van der Waals surface area contributed by atoms with Crippen molar-refractivity contribution in [3.63, 3.8) is 0 Å². The number of H-pyrrole nitrogens is 2. The Balaban J connectivity index is 2.44. The Hall–Kier alpha value is -2.16. The van der Waals surface area contributed by atoms with Crippen molar-refractivity contribution >= 4 is 17.3 Å². The standard InChI is InChI=1S/C8H8N4O4S/c1-3(12-7(15)10-11-8(12)16)5-9-4(2-17-5)6(13)14/h2-3H,1H3,(H,10,15)(H,11,16)(H,13,14). The van der Waals surface area contributed by atoms with Crippen LogP contribution < -0.4 is 11.4 Å². The Morgan fingerprint density at radius 1 is 1.47 bits per heavy atom. The van der Waals surface area contributed by atoms with Crippen molar-refractivity contribution in [2.75, 3.05) is 0 Å². The first kappa shape index (κ1) is 11.3. The van der Waals surface area contributed by atoms with E-state index in [1.165, 1.54) is 5.38 Å². The van der Waals surface area contributed by atoms with Crippen molar-refractivity contribution in [3.05, 3.63) is 37.1 Å². The summed E-state index contributed by atoms with van der Waals surface area (Å²) in [5.41, 5.74) is -1.28. The van der Waals surface area contributed by atoms with Gasteiger partial charge in [0.2, 0.25) is 0 Å². The minimum absolute atomic E-state index is 0.100. The van der Waals surface area contributed by atoms with Gasteiger partial charge >= 0.3 is 17.3 Å². The summed E-state index contributed by atoms with van der Waals surface area (Å²) < 4.78 is 0.935. The maximum atomic E-state index is 11.3. The summed E-state index contributed by atoms with van der Waals surface area (Å²) in [5.74, 6) is -1.14. The van der Waals surface area contributed by atoms with Crippen molar-refractivity contribution in [2.45, 2.75) is 13.0 Å². The lowest BCUT2D eigenvalue weighted by molar-refractivity contribution is 0.0691. The third kappa shape index (κ3) is 1.91. The maximum absolute atomic E-state index is 11.3. The molecule has 3 N–H and O–H groups in total. The zero-order chi connectivity index (χ0) is 12.6. The van der Waals surface area contributed by atoms with Gasteiger partial charge in [-0.05, 0) is 6.92 Å². The lowest BCUT2D eigenvalue weighted by Crippen LogP contribution is -2.30. The van der Waals surface area contributed by atoms with Crippen molar-refractivity contribution in [1.29, 1.82) is 0 Å². The molecule has 2 heterocycles. The van der Waals surface area contributed by atoms with Gasteiger partial charge in [-0.3, -0.25) is 0 Å². The summed E-state index contributed by atoms with van der Waals surface area (Å²) in [6.07, 6.45) is 0. The molecule has 17 heavy (non-hydrogen) atoms. The van der Waals surface area contributed by atoms with Gasteiger partial charge in [0.1, 0.15) is 5.01 Å². The first-order chi connectivity index (χ1) is 8.00. The molecule has 0 saturated carbocycles. The Labute approximate surface area is 97.5 Å². The highest BCUT2D eigenvalue weighted by molar-refractivity contribution is 7.09. The molecule has 2 rings (SSSR count). The van der Waals surface area contributed by atoms with E-state index in [0.717, 1.165) is 15.9 Å². The Kier molecular flexibility index (Phi) is 2.68. The van der Waals surface area contributed by atoms with Crippen LogP contribution >= 0.6 is 11.3 Å². The number of hydrogen-bond acceptors (Lipinski definition) is 5. The van der Waals surface area contributed by atoms with Gasteiger partial charge in [0.05, 0.1) is 6.04 Å². The van der Waals surface area contributed by atoms with Gasteiger partial charge in [0, 0.05) is 5.38 Å². The van der Waals surface area contributed by atoms with E-state index >= 15 is 0 Å². The molecule has 0 radical (unpaired) electrons. The number of nitrogens with one attached hydrogen (secondary N) is 2. The second-order valence-corrected chi connectivity index (χ2v) is 4.17. The normalized spacial score (nSPS) is 12.5. The molecule has 1 unspecified atom stereocenters. The van der Waals surface area contributed by atoms with Gasteiger partial charge in [0.25, 0.3) is 0 Å². The zero-order valence-electron chi connectivity index (χ0n) is 8.63. The number of aromatic nitrogens is 4. The number of carbonyl (C=O) groups is 1. The third-order valence-electron chi connectivity index (χ3n) is 2.20. The van der Waals surface area contributed by atoms with Gasteiger partial charge in [-0.15, -0.1) is 11.3 Å². The monoisotopic (exact) mass is 256 g/mol. The molecule has 0 bridgehead atoms. The number of nitrogens with zero attached hydrogens (tertiary/aromatic N) is 2. The van der Waals surface area contributed by atoms with Crippen molar-refractivity contribution in [3.8, 4) is 0 Å². The van der Waals surface area contributed by atoms with Crippen LogP contribution in [0.25, 0.3) is 0 Å². The van der Waals surface area contributed by atoms with Crippen LogP contribution in [0.3, 0.4) is 0 Å². The van der Waals surface area contributed by atoms with E-state index in [1.54, 1.807) is 6.92 Å². The molecule has 0 aliphatic heterocycles. The van der Waals surface area contributed by atoms with Crippen LogP contribution in [0.5, 0.6) is 0 Å². The fourth-order valence-corrected chi connectivity index (χ4v) is 2.20. The zero-order valence-corrected chi connectivity index (χ0v) is 9.45. The van der Waals surface area contributed by atoms with E-state index < -0.39 is 23.4 Å². The molecule has 0 aliphatic carbocycles. The van der Waals surface area contributed by atoms with Gasteiger partial charge < -0.3 is 5.11 Å². The van der Waals surface area contributed by atoms with E-state index in [4.69, 9.17) is 5.11 Å². The van der Waals surface area contributed by atoms with Gasteiger partial charge in [0.15, 0.2) is 5.69 Å². The van der Waals surface area contributed by atoms with E-state index in [0.29, 0.717) is 5.01 Å². The highest BCUT2D eigenvalue weighted by atomic mass is 32.1. The van der Waals surface area contributed by atoms with Gasteiger partial charge in [-0.2, -0.15) is 0 Å². The summed E-state index contributed by atoms with van der Waals surface area (Å²) >= 11 is 1.08. The number of carboxylic acid groups (broad SMARTS) is 1. The Bertz CT molecular complexity index is 636. The molecule has 0 amide bonds. The van der Waals surface area contributed by atoms with Crippen LogP contribution in [-0.2, 0) is 0 Å². The second-order valence-electron chi connectivity index (χ2n) is 3.28. The van der Waals surface area contributed by atoms with Crippen molar-refractivity contribution in [1.82, 2.24) is 19.7 Å². The van der Waals surface area contributed by atoms with E-state index in [2.05, 4.69) is 15.2 Å². The topological polar surface area (TPSA) is 121 Å². The minimum atomic E-state index is -1.14. The summed E-state index contributed by atoms with van der Waals surface area (Å²) in [7, 11) is 0. The summed E-state index contributed by atoms with van der Waals surface area (Å²) in [4.78, 5) is 37.2. The number of aromatic carboxylic acids is 1. The molecule has 2 aromatic rings. The average molecular weight is 256 g/mol. The molecular weight excluding hydrogens is 248 g/mol. The lowest BCUT2D eigenvalue weighted by Gasteiger charge is -2.05. The van der Waals surface area contributed by atoms with Crippen LogP contribution in [-0.4, -0.2) is 30.8 Å². The van der Waals surface area contributed by atoms with Crippen molar-refractivity contribution in [2.24, 2.45) is 0 Å². The third-order valence-corrected chi connectivity index (χ3v) is 3.21. The molecule has 1 atom stereocenters. The molecule has 2 aromatic heterocycles. The maximum Gasteiger partial charge on any atom is 0.355 e. The van der Waals surface area contributed by atoms with E-state index in [9.17, 15) is 14.4 Å². The number of thiazole rings is 1. The fraction of sp³-hybridized carbons (Fsp3) is 0.250. The van der Waals surface area contributed by atoms with E-state index in [1.807, 2.05) is 0 Å². The molecule has 90 valence electrons. The predicted molar refractivity (Wildman–Crippen MR) is 58.6 cm³/mol. The first-order valence-electron chi connectivity index (χ1n) is 4.58. The van der Waals surface area contributed by atoms with E-state index in [-0.39, 0.29) is 5.69 Å². The first-order valence-corrected chi connectivity index (χ1v) is 5.46. The molecule has 9 heteroatoms. The summed E-state index contributed by atoms with van der Waals surface area (Å²) in [6.45, 7) is 1.59. The van der Waals surface area contributed by atoms with Gasteiger partial charge in [-0.25, -0.2) is 34.1 Å². The fourth-order valence-electron chi connectivity index (χ4n) is 1.36. The number of rotatable bonds is 3. The molecule has 0 spiro atoms. The molecule has 0 fully saturated rings. The van der Waals surface area contributed by atoms with Crippen LogP contribution in [0, 0.1) is 0 Å². The molecule has 0 aliphatic rings. The molecule has 8 nitrogen and oxygen atoms in total. The number of aromatic amines is 2. The van der Waals surface area contributed by atoms with Crippen LogP contribution in [0.15, 0.2) is 15.0 Å². The molecular formula is C8H8N4O4S. The predicted octanol–water partition coefficient (Wildman–Crippen LogP) is -0.371. The Morgan fingerprint density at radius 2 is 2.06 bits per heavy atom. The lowest BCUT2D eigenvalue weighted by atomic mass is 10.3. The average Bonchev–Trinajstić information content (AvgIpc) is 2.85. The summed E-state index contributed by atoms with van der Waals surface area (Å²) in [5, 5.41) is 14.8. The largest absolute Gasteiger partial charge is 0.476 e. The Morgan fingerprint density at radius 3 is 2.53 bits per heavy atom. The quantitative estimate of drug-likeness (QED) is 0.691. The second kappa shape index (κ2) is 4.01. The van der Waals surface area contributed by atoms with Crippen molar-refractivity contribution < 1.29 is 9.90 Å². The summed E-state index contributed by atoms with van der Waals surface area (Å²) in [6, 6.07) is -0.615. The van der Waals surface area contributed by atoms with Crippen LogP contribution in [0.1, 0.15) is 28.5 Å².